The Morgan fingerprint density at radius 1 is 1.14 bits per heavy atom. The number of carbonyl (C=O) groups excluding carboxylic acids is 3. The number of rotatable bonds is 6. The largest absolute Gasteiger partial charge is 0.396 e. The number of hydrogen-bond donors (Lipinski definition) is 1. The maximum atomic E-state index is 10.9. The first-order valence-electron chi connectivity index (χ1n) is 4.40. The standard InChI is InChI=1S/C9H14O5/c1-7(11)6-9(13)14-8(12)4-2-3-5-10/h10H,2-6H2,1H3. The summed E-state index contributed by atoms with van der Waals surface area (Å²) in [7, 11) is 0. The zero-order valence-electron chi connectivity index (χ0n) is 8.12. The van der Waals surface area contributed by atoms with Gasteiger partial charge in [-0.25, -0.2) is 0 Å². The Bertz CT molecular complexity index is 221. The van der Waals surface area contributed by atoms with Crippen LogP contribution in [0.5, 0.6) is 0 Å². The Balaban J connectivity index is 3.61. The molecule has 0 aromatic heterocycles. The van der Waals surface area contributed by atoms with E-state index in [1.165, 1.54) is 6.92 Å². The first kappa shape index (κ1) is 12.8. The topological polar surface area (TPSA) is 80.7 Å². The van der Waals surface area contributed by atoms with Crippen molar-refractivity contribution < 1.29 is 24.2 Å². The molecule has 0 aliphatic carbocycles. The van der Waals surface area contributed by atoms with Crippen LogP contribution in [-0.4, -0.2) is 29.4 Å². The molecule has 0 saturated carbocycles. The van der Waals surface area contributed by atoms with Gasteiger partial charge in [-0.15, -0.1) is 0 Å². The lowest BCUT2D eigenvalue weighted by atomic mass is 10.2. The van der Waals surface area contributed by atoms with Gasteiger partial charge in [0, 0.05) is 13.0 Å². The Morgan fingerprint density at radius 3 is 2.29 bits per heavy atom. The fourth-order valence-corrected chi connectivity index (χ4v) is 0.798. The zero-order chi connectivity index (χ0) is 11.0. The lowest BCUT2D eigenvalue weighted by Crippen LogP contribution is -2.14. The van der Waals surface area contributed by atoms with Gasteiger partial charge in [0.05, 0.1) is 0 Å². The van der Waals surface area contributed by atoms with Gasteiger partial charge < -0.3 is 9.84 Å². The second-order valence-electron chi connectivity index (χ2n) is 2.91. The van der Waals surface area contributed by atoms with Crippen molar-refractivity contribution in [1.82, 2.24) is 0 Å². The summed E-state index contributed by atoms with van der Waals surface area (Å²) in [6, 6.07) is 0. The van der Waals surface area contributed by atoms with Gasteiger partial charge in [0.15, 0.2) is 0 Å². The minimum atomic E-state index is -0.813. The van der Waals surface area contributed by atoms with Gasteiger partial charge in [0.1, 0.15) is 12.2 Å². The molecule has 0 fully saturated rings. The number of aliphatic hydroxyl groups is 1. The Hall–Kier alpha value is -1.23. The highest BCUT2D eigenvalue weighted by Crippen LogP contribution is 1.98. The van der Waals surface area contributed by atoms with Gasteiger partial charge >= 0.3 is 11.9 Å². The minimum absolute atomic E-state index is 0.00860. The number of unbranched alkanes of at least 4 members (excludes halogenated alkanes) is 1. The van der Waals surface area contributed by atoms with E-state index in [0.717, 1.165) is 0 Å². The van der Waals surface area contributed by atoms with E-state index < -0.39 is 11.9 Å². The summed E-state index contributed by atoms with van der Waals surface area (Å²) in [5, 5.41) is 8.42. The predicted molar refractivity (Wildman–Crippen MR) is 47.3 cm³/mol. The number of ketones is 1. The van der Waals surface area contributed by atoms with Crippen LogP contribution in [0.3, 0.4) is 0 Å². The van der Waals surface area contributed by atoms with Crippen LogP contribution >= 0.6 is 0 Å². The maximum Gasteiger partial charge on any atom is 0.320 e. The second-order valence-corrected chi connectivity index (χ2v) is 2.91. The third-order valence-corrected chi connectivity index (χ3v) is 1.41. The molecule has 0 unspecified atom stereocenters. The zero-order valence-corrected chi connectivity index (χ0v) is 8.12. The fraction of sp³-hybridized carbons (Fsp3) is 0.667. The van der Waals surface area contributed by atoms with E-state index in [0.29, 0.717) is 12.8 Å². The highest BCUT2D eigenvalue weighted by atomic mass is 16.6. The van der Waals surface area contributed by atoms with E-state index in [4.69, 9.17) is 5.11 Å². The van der Waals surface area contributed by atoms with Crippen molar-refractivity contribution in [3.63, 3.8) is 0 Å². The molecule has 0 radical (unpaired) electrons. The van der Waals surface area contributed by atoms with E-state index in [9.17, 15) is 14.4 Å². The number of esters is 2. The second kappa shape index (κ2) is 7.20. The number of hydrogen-bond acceptors (Lipinski definition) is 5. The van der Waals surface area contributed by atoms with Gasteiger partial charge in [-0.3, -0.25) is 14.4 Å². The molecule has 0 saturated heterocycles. The van der Waals surface area contributed by atoms with Crippen molar-refractivity contribution in [2.75, 3.05) is 6.61 Å². The summed E-state index contributed by atoms with van der Waals surface area (Å²) in [5.41, 5.74) is 0. The molecule has 14 heavy (non-hydrogen) atoms. The van der Waals surface area contributed by atoms with E-state index >= 15 is 0 Å². The van der Waals surface area contributed by atoms with E-state index in [1.54, 1.807) is 0 Å². The van der Waals surface area contributed by atoms with Crippen molar-refractivity contribution in [3.8, 4) is 0 Å². The molecule has 0 spiro atoms. The summed E-state index contributed by atoms with van der Waals surface area (Å²) >= 11 is 0. The van der Waals surface area contributed by atoms with E-state index in [-0.39, 0.29) is 25.2 Å². The maximum absolute atomic E-state index is 10.9. The molecule has 5 nitrogen and oxygen atoms in total. The molecule has 5 heteroatoms. The van der Waals surface area contributed by atoms with Crippen molar-refractivity contribution in [2.45, 2.75) is 32.6 Å². The van der Waals surface area contributed by atoms with Gasteiger partial charge in [0.25, 0.3) is 0 Å². The summed E-state index contributed by atoms with van der Waals surface area (Å²) in [6.45, 7) is 1.26. The molecule has 0 atom stereocenters. The van der Waals surface area contributed by atoms with Crippen LogP contribution in [0.2, 0.25) is 0 Å². The third kappa shape index (κ3) is 7.42. The van der Waals surface area contributed by atoms with Gasteiger partial charge in [-0.1, -0.05) is 0 Å². The molecule has 1 N–H and O–H groups in total. The average Bonchev–Trinajstić information content (AvgIpc) is 2.02. The van der Waals surface area contributed by atoms with Crippen LogP contribution in [0, 0.1) is 0 Å². The van der Waals surface area contributed by atoms with Crippen LogP contribution in [0.25, 0.3) is 0 Å². The van der Waals surface area contributed by atoms with E-state index in [1.807, 2.05) is 0 Å². The molecular formula is C9H14O5. The molecule has 0 aromatic carbocycles. The summed E-state index contributed by atoms with van der Waals surface area (Å²) in [6.07, 6.45) is 0.689. The SMILES string of the molecule is CC(=O)CC(=O)OC(=O)CCCCO. The molecule has 0 bridgehead atoms. The molecule has 80 valence electrons. The molecule has 0 aliphatic rings. The monoisotopic (exact) mass is 202 g/mol. The van der Waals surface area contributed by atoms with Crippen molar-refractivity contribution >= 4 is 17.7 Å². The predicted octanol–water partition coefficient (Wildman–Crippen LogP) is 0.198. The highest BCUT2D eigenvalue weighted by Gasteiger charge is 2.11. The third-order valence-electron chi connectivity index (χ3n) is 1.41. The Kier molecular flexibility index (Phi) is 6.57. The quantitative estimate of drug-likeness (QED) is 0.378. The van der Waals surface area contributed by atoms with Crippen LogP contribution in [0.4, 0.5) is 0 Å². The van der Waals surface area contributed by atoms with Gasteiger partial charge in [0.2, 0.25) is 0 Å². The number of carbonyl (C=O) groups is 3. The normalized spacial score (nSPS) is 9.57. The van der Waals surface area contributed by atoms with Crippen LogP contribution in [0.1, 0.15) is 32.6 Å². The Labute approximate surface area is 82.1 Å². The fourth-order valence-electron chi connectivity index (χ4n) is 0.798. The summed E-state index contributed by atoms with van der Waals surface area (Å²) in [4.78, 5) is 32.1. The number of aliphatic hydroxyl groups excluding tert-OH is 1. The first-order valence-corrected chi connectivity index (χ1v) is 4.40. The molecule has 0 amide bonds. The van der Waals surface area contributed by atoms with Gasteiger partial charge in [-0.05, 0) is 19.8 Å². The first-order chi connectivity index (χ1) is 6.56. The Morgan fingerprint density at radius 2 is 1.79 bits per heavy atom. The van der Waals surface area contributed by atoms with Crippen LogP contribution in [-0.2, 0) is 19.1 Å². The average molecular weight is 202 g/mol. The number of ether oxygens (including phenoxy) is 1. The lowest BCUT2D eigenvalue weighted by Gasteiger charge is -2.00. The molecule has 0 rings (SSSR count). The molecule has 0 aromatic rings. The minimum Gasteiger partial charge on any atom is -0.396 e. The van der Waals surface area contributed by atoms with Gasteiger partial charge in [-0.2, -0.15) is 0 Å². The van der Waals surface area contributed by atoms with Crippen LogP contribution in [0.15, 0.2) is 0 Å². The summed E-state index contributed by atoms with van der Waals surface area (Å²) < 4.78 is 4.33. The van der Waals surface area contributed by atoms with E-state index in [2.05, 4.69) is 4.74 Å². The van der Waals surface area contributed by atoms with Crippen molar-refractivity contribution in [1.29, 1.82) is 0 Å². The smallest absolute Gasteiger partial charge is 0.320 e. The lowest BCUT2D eigenvalue weighted by molar-refractivity contribution is -0.160. The molecule has 0 aliphatic heterocycles. The molecular weight excluding hydrogens is 188 g/mol. The molecule has 0 heterocycles. The van der Waals surface area contributed by atoms with Crippen molar-refractivity contribution in [2.24, 2.45) is 0 Å². The number of Topliss-reactive ketones (excluding diaryl/α,β-unsaturated/α-hetero) is 1. The van der Waals surface area contributed by atoms with Crippen LogP contribution < -0.4 is 0 Å². The summed E-state index contributed by atoms with van der Waals surface area (Å²) in [5.74, 6) is -1.80. The highest BCUT2D eigenvalue weighted by molar-refractivity contribution is 5.98. The van der Waals surface area contributed by atoms with Crippen molar-refractivity contribution in [3.05, 3.63) is 0 Å².